The monoisotopic (exact) mass is 295 g/mol. The molecular formula is C19H37NO. The molecule has 2 aliphatic carbocycles. The van der Waals surface area contributed by atoms with Crippen molar-refractivity contribution in [3.63, 3.8) is 0 Å². The van der Waals surface area contributed by atoms with Gasteiger partial charge in [0.05, 0.1) is 0 Å². The molecule has 2 saturated carbocycles. The maximum absolute atomic E-state index is 5.22. The smallest absolute Gasteiger partial charge is 0.0462 e. The second kappa shape index (κ2) is 9.15. The Bertz CT molecular complexity index is 267. The van der Waals surface area contributed by atoms with Gasteiger partial charge >= 0.3 is 0 Å². The lowest BCUT2D eigenvalue weighted by Crippen LogP contribution is -2.38. The van der Waals surface area contributed by atoms with E-state index in [-0.39, 0.29) is 0 Å². The van der Waals surface area contributed by atoms with Gasteiger partial charge in [0.1, 0.15) is 0 Å². The van der Waals surface area contributed by atoms with Crippen LogP contribution < -0.4 is 5.32 Å². The number of hydrogen-bond donors (Lipinski definition) is 1. The number of nitrogens with one attached hydrogen (secondary N) is 1. The lowest BCUT2D eigenvalue weighted by Gasteiger charge is -2.41. The first-order valence-electron chi connectivity index (χ1n) is 9.50. The van der Waals surface area contributed by atoms with Gasteiger partial charge in [-0.05, 0) is 62.7 Å². The molecule has 0 aliphatic heterocycles. The van der Waals surface area contributed by atoms with Crippen molar-refractivity contribution in [3.05, 3.63) is 0 Å². The van der Waals surface area contributed by atoms with Gasteiger partial charge in [-0.2, -0.15) is 0 Å². The average Bonchev–Trinajstić information content (AvgIpc) is 3.34. The van der Waals surface area contributed by atoms with E-state index < -0.39 is 0 Å². The van der Waals surface area contributed by atoms with E-state index in [9.17, 15) is 0 Å². The largest absolute Gasteiger partial charge is 0.385 e. The first-order chi connectivity index (χ1) is 10.3. The van der Waals surface area contributed by atoms with Crippen LogP contribution in [-0.2, 0) is 4.74 Å². The van der Waals surface area contributed by atoms with Gasteiger partial charge in [-0.15, -0.1) is 0 Å². The predicted octanol–water partition coefficient (Wildman–Crippen LogP) is 4.92. The Morgan fingerprint density at radius 3 is 2.43 bits per heavy atom. The molecule has 2 fully saturated rings. The third-order valence-corrected chi connectivity index (χ3v) is 5.78. The van der Waals surface area contributed by atoms with Crippen molar-refractivity contribution in [1.29, 1.82) is 0 Å². The molecule has 0 bridgehead atoms. The first-order valence-corrected chi connectivity index (χ1v) is 9.50. The third-order valence-electron chi connectivity index (χ3n) is 5.78. The second-order valence-corrected chi connectivity index (χ2v) is 7.69. The summed E-state index contributed by atoms with van der Waals surface area (Å²) in [6.07, 6.45) is 17.0. The van der Waals surface area contributed by atoms with Crippen LogP contribution in [0.1, 0.15) is 84.0 Å². The summed E-state index contributed by atoms with van der Waals surface area (Å²) in [6, 6.07) is 0.860. The van der Waals surface area contributed by atoms with Crippen molar-refractivity contribution < 1.29 is 4.74 Å². The molecule has 0 spiro atoms. The van der Waals surface area contributed by atoms with E-state index >= 15 is 0 Å². The molecule has 124 valence electrons. The van der Waals surface area contributed by atoms with Gasteiger partial charge in [-0.25, -0.2) is 0 Å². The zero-order valence-electron chi connectivity index (χ0n) is 14.5. The maximum atomic E-state index is 5.22. The molecule has 0 heterocycles. The summed E-state index contributed by atoms with van der Waals surface area (Å²) in [5.41, 5.74) is 0.610. The molecule has 0 unspecified atom stereocenters. The maximum Gasteiger partial charge on any atom is 0.0462 e. The Kier molecular flexibility index (Phi) is 7.53. The molecule has 0 radical (unpaired) electrons. The highest BCUT2D eigenvalue weighted by Gasteiger charge is 2.35. The third kappa shape index (κ3) is 6.28. The minimum atomic E-state index is 0.610. The molecule has 1 N–H and O–H groups in total. The average molecular weight is 296 g/mol. The summed E-state index contributed by atoms with van der Waals surface area (Å²) < 4.78 is 5.22. The van der Waals surface area contributed by atoms with E-state index in [4.69, 9.17) is 4.74 Å². The molecule has 21 heavy (non-hydrogen) atoms. The van der Waals surface area contributed by atoms with Gasteiger partial charge in [0.2, 0.25) is 0 Å². The Morgan fingerprint density at radius 1 is 1.05 bits per heavy atom. The van der Waals surface area contributed by atoms with Crippen molar-refractivity contribution in [2.75, 3.05) is 20.3 Å². The SMILES string of the molecule is CCCCC1CCC(CCCCOC)(CNC2CC2)CC1. The topological polar surface area (TPSA) is 21.3 Å². The molecule has 2 rings (SSSR count). The fourth-order valence-corrected chi connectivity index (χ4v) is 3.98. The van der Waals surface area contributed by atoms with E-state index in [0.29, 0.717) is 5.41 Å². The van der Waals surface area contributed by atoms with E-state index in [2.05, 4.69) is 12.2 Å². The Balaban J connectivity index is 1.75. The lowest BCUT2D eigenvalue weighted by atomic mass is 9.67. The number of methoxy groups -OCH3 is 1. The summed E-state index contributed by atoms with van der Waals surface area (Å²) in [5.74, 6) is 1.03. The summed E-state index contributed by atoms with van der Waals surface area (Å²) in [6.45, 7) is 4.54. The standard InChI is InChI=1S/C19H37NO/c1-3-4-7-17-10-13-19(14-11-17,12-5-6-15-21-2)16-20-18-8-9-18/h17-18,20H,3-16H2,1-2H3. The number of ether oxygens (including phenoxy) is 1. The molecule has 0 amide bonds. The van der Waals surface area contributed by atoms with Gasteiger partial charge in [0.15, 0.2) is 0 Å². The minimum absolute atomic E-state index is 0.610. The van der Waals surface area contributed by atoms with Crippen LogP contribution in [0, 0.1) is 11.3 Å². The molecule has 2 nitrogen and oxygen atoms in total. The summed E-state index contributed by atoms with van der Waals surface area (Å²) in [4.78, 5) is 0. The van der Waals surface area contributed by atoms with Gasteiger partial charge in [0, 0.05) is 26.3 Å². The first kappa shape index (κ1) is 17.3. The summed E-state index contributed by atoms with van der Waals surface area (Å²) in [7, 11) is 1.82. The van der Waals surface area contributed by atoms with Crippen LogP contribution in [-0.4, -0.2) is 26.3 Å². The zero-order valence-corrected chi connectivity index (χ0v) is 14.5. The van der Waals surface area contributed by atoms with Crippen LogP contribution in [0.2, 0.25) is 0 Å². The minimum Gasteiger partial charge on any atom is -0.385 e. The van der Waals surface area contributed by atoms with E-state index in [1.807, 2.05) is 7.11 Å². The highest BCUT2D eigenvalue weighted by molar-refractivity contribution is 4.91. The zero-order chi connectivity index (χ0) is 15.0. The number of rotatable bonds is 11. The highest BCUT2D eigenvalue weighted by Crippen LogP contribution is 2.44. The molecule has 0 aromatic heterocycles. The van der Waals surface area contributed by atoms with Crippen LogP contribution >= 0.6 is 0 Å². The number of unbranched alkanes of at least 4 members (excludes halogenated alkanes) is 2. The fraction of sp³-hybridized carbons (Fsp3) is 1.00. The molecular weight excluding hydrogens is 258 g/mol. The lowest BCUT2D eigenvalue weighted by molar-refractivity contribution is 0.117. The molecule has 0 aromatic carbocycles. The van der Waals surface area contributed by atoms with E-state index in [0.717, 1.165) is 18.6 Å². The molecule has 2 aliphatic rings. The Labute approximate surface area is 132 Å². The normalized spacial score (nSPS) is 29.7. The van der Waals surface area contributed by atoms with Gasteiger partial charge in [-0.1, -0.05) is 32.6 Å². The summed E-state index contributed by atoms with van der Waals surface area (Å²) >= 11 is 0. The van der Waals surface area contributed by atoms with E-state index in [1.54, 1.807) is 0 Å². The van der Waals surface area contributed by atoms with Crippen LogP contribution in [0.5, 0.6) is 0 Å². The second-order valence-electron chi connectivity index (χ2n) is 7.69. The quantitative estimate of drug-likeness (QED) is 0.546. The van der Waals surface area contributed by atoms with Crippen LogP contribution in [0.3, 0.4) is 0 Å². The highest BCUT2D eigenvalue weighted by atomic mass is 16.5. The van der Waals surface area contributed by atoms with Gasteiger partial charge < -0.3 is 10.1 Å². The molecule has 0 atom stereocenters. The molecule has 0 saturated heterocycles. The van der Waals surface area contributed by atoms with Crippen molar-refractivity contribution in [1.82, 2.24) is 5.32 Å². The van der Waals surface area contributed by atoms with Gasteiger partial charge in [-0.3, -0.25) is 0 Å². The van der Waals surface area contributed by atoms with Crippen molar-refractivity contribution in [2.24, 2.45) is 11.3 Å². The van der Waals surface area contributed by atoms with Crippen LogP contribution in [0.4, 0.5) is 0 Å². The molecule has 0 aromatic rings. The van der Waals surface area contributed by atoms with E-state index in [1.165, 1.54) is 83.6 Å². The fourth-order valence-electron chi connectivity index (χ4n) is 3.98. The van der Waals surface area contributed by atoms with Crippen molar-refractivity contribution in [3.8, 4) is 0 Å². The molecule has 2 heteroatoms. The Hall–Kier alpha value is -0.0800. The van der Waals surface area contributed by atoms with Crippen LogP contribution in [0.25, 0.3) is 0 Å². The predicted molar refractivity (Wildman–Crippen MR) is 90.7 cm³/mol. The number of hydrogen-bond acceptors (Lipinski definition) is 2. The Morgan fingerprint density at radius 2 is 1.81 bits per heavy atom. The van der Waals surface area contributed by atoms with Gasteiger partial charge in [0.25, 0.3) is 0 Å². The summed E-state index contributed by atoms with van der Waals surface area (Å²) in [5, 5.41) is 3.83. The van der Waals surface area contributed by atoms with Crippen molar-refractivity contribution in [2.45, 2.75) is 90.0 Å². The van der Waals surface area contributed by atoms with Crippen molar-refractivity contribution >= 4 is 0 Å². The van der Waals surface area contributed by atoms with Crippen LogP contribution in [0.15, 0.2) is 0 Å².